The maximum atomic E-state index is 13.2. The highest BCUT2D eigenvalue weighted by atomic mass is 35.5. The summed E-state index contributed by atoms with van der Waals surface area (Å²) in [5.41, 5.74) is 4.10. The van der Waals surface area contributed by atoms with Gasteiger partial charge in [0, 0.05) is 28.9 Å². The fourth-order valence-electron chi connectivity index (χ4n) is 3.56. The minimum atomic E-state index is 0.0114. The molecule has 0 spiro atoms. The number of nitrogens with zero attached hydrogens (tertiary/aromatic N) is 3. The molecule has 3 aromatic rings. The minimum absolute atomic E-state index is 0.0114. The summed E-state index contributed by atoms with van der Waals surface area (Å²) < 4.78 is 0. The van der Waals surface area contributed by atoms with Gasteiger partial charge in [-0.3, -0.25) is 9.78 Å². The van der Waals surface area contributed by atoms with Gasteiger partial charge in [0.25, 0.3) is 5.91 Å². The largest absolute Gasteiger partial charge is 0.306 e. The van der Waals surface area contributed by atoms with E-state index in [0.717, 1.165) is 33.0 Å². The van der Waals surface area contributed by atoms with Crippen molar-refractivity contribution < 1.29 is 4.79 Å². The van der Waals surface area contributed by atoms with Gasteiger partial charge in [-0.15, -0.1) is 11.3 Å². The van der Waals surface area contributed by atoms with E-state index in [2.05, 4.69) is 22.9 Å². The number of hydrogen-bond acceptors (Lipinski definition) is 5. The van der Waals surface area contributed by atoms with Gasteiger partial charge in [-0.1, -0.05) is 23.7 Å². The normalized spacial score (nSPS) is 14.6. The molecule has 1 amide bonds. The fourth-order valence-corrected chi connectivity index (χ4v) is 4.85. The Morgan fingerprint density at radius 3 is 2.65 bits per heavy atom. The van der Waals surface area contributed by atoms with E-state index in [9.17, 15) is 4.79 Å². The Kier molecular flexibility index (Phi) is 6.23. The molecule has 2 aromatic heterocycles. The summed E-state index contributed by atoms with van der Waals surface area (Å²) in [6.45, 7) is 2.71. The predicted octanol–water partition coefficient (Wildman–Crippen LogP) is 5.37. The van der Waals surface area contributed by atoms with Crippen molar-refractivity contribution in [1.82, 2.24) is 9.88 Å². The predicted molar refractivity (Wildman–Crippen MR) is 129 cm³/mol. The molecule has 7 heteroatoms. The van der Waals surface area contributed by atoms with Gasteiger partial charge in [-0.05, 0) is 68.9 Å². The lowest BCUT2D eigenvalue weighted by molar-refractivity contribution is 0.0985. The molecule has 1 aliphatic rings. The first-order chi connectivity index (χ1) is 14.8. The van der Waals surface area contributed by atoms with Crippen LogP contribution in [-0.4, -0.2) is 48.2 Å². The molecular weight excluding hydrogens is 428 g/mol. The molecule has 31 heavy (non-hydrogen) atoms. The molecule has 4 rings (SSSR count). The van der Waals surface area contributed by atoms with E-state index in [1.165, 1.54) is 11.3 Å². The first-order valence-corrected chi connectivity index (χ1v) is 11.4. The number of hydrogen-bond donors (Lipinski definition) is 1. The third-order valence-corrected chi connectivity index (χ3v) is 7.20. The fraction of sp³-hybridized carbons (Fsp3) is 0.292. The number of fused-ring (bicyclic) bond motifs is 1. The highest BCUT2D eigenvalue weighted by Gasteiger charge is 2.28. The zero-order valence-electron chi connectivity index (χ0n) is 17.9. The molecule has 0 saturated carbocycles. The van der Waals surface area contributed by atoms with Crippen molar-refractivity contribution in [2.75, 3.05) is 25.5 Å². The zero-order valence-corrected chi connectivity index (χ0v) is 19.4. The number of carbonyl (C=O) groups is 1. The quantitative estimate of drug-likeness (QED) is 0.511. The van der Waals surface area contributed by atoms with Crippen molar-refractivity contribution in [3.05, 3.63) is 69.8 Å². The maximum absolute atomic E-state index is 13.2. The molecule has 1 aromatic carbocycles. The van der Waals surface area contributed by atoms with Crippen molar-refractivity contribution in [1.29, 1.82) is 5.41 Å². The monoisotopic (exact) mass is 452 g/mol. The van der Waals surface area contributed by atoms with E-state index in [0.29, 0.717) is 29.4 Å². The van der Waals surface area contributed by atoms with E-state index in [1.54, 1.807) is 11.1 Å². The van der Waals surface area contributed by atoms with Gasteiger partial charge in [0.1, 0.15) is 0 Å². The summed E-state index contributed by atoms with van der Waals surface area (Å²) in [5.74, 6) is 0.0114. The number of anilines is 1. The number of carbonyl (C=O) groups excluding carboxylic acids is 1. The zero-order chi connectivity index (χ0) is 22.1. The number of halogens is 1. The number of thiophene rings is 1. The summed E-state index contributed by atoms with van der Waals surface area (Å²) in [5, 5.41) is 9.03. The average Bonchev–Trinajstić information content (AvgIpc) is 3.20. The highest BCUT2D eigenvalue weighted by Crippen LogP contribution is 2.36. The Balaban J connectivity index is 1.52. The van der Waals surface area contributed by atoms with Gasteiger partial charge >= 0.3 is 0 Å². The topological polar surface area (TPSA) is 60.3 Å². The van der Waals surface area contributed by atoms with Gasteiger partial charge in [-0.2, -0.15) is 0 Å². The molecule has 0 aliphatic carbocycles. The molecule has 160 valence electrons. The van der Waals surface area contributed by atoms with Crippen LogP contribution in [0.3, 0.4) is 0 Å². The lowest BCUT2D eigenvalue weighted by Crippen LogP contribution is -2.36. The molecule has 3 heterocycles. The van der Waals surface area contributed by atoms with E-state index in [4.69, 9.17) is 17.0 Å². The lowest BCUT2D eigenvalue weighted by Gasteiger charge is -2.26. The van der Waals surface area contributed by atoms with Crippen molar-refractivity contribution in [3.8, 4) is 10.4 Å². The van der Waals surface area contributed by atoms with E-state index < -0.39 is 0 Å². The summed E-state index contributed by atoms with van der Waals surface area (Å²) in [7, 11) is 4.02. The van der Waals surface area contributed by atoms with Crippen LogP contribution in [0.2, 0.25) is 5.02 Å². The number of rotatable bonds is 6. The second-order valence-electron chi connectivity index (χ2n) is 8.08. The summed E-state index contributed by atoms with van der Waals surface area (Å²) in [6, 6.07) is 13.8. The molecular formula is C24H25ClN4OS. The summed E-state index contributed by atoms with van der Waals surface area (Å²) in [6.07, 6.45) is 3.15. The van der Waals surface area contributed by atoms with Gasteiger partial charge in [0.2, 0.25) is 0 Å². The van der Waals surface area contributed by atoms with Crippen LogP contribution < -0.4 is 4.90 Å². The van der Waals surface area contributed by atoms with Crippen LogP contribution in [0, 0.1) is 5.41 Å². The molecule has 1 aliphatic heterocycles. The first-order valence-electron chi connectivity index (χ1n) is 10.2. The van der Waals surface area contributed by atoms with Gasteiger partial charge in [0.05, 0.1) is 28.2 Å². The Morgan fingerprint density at radius 1 is 1.26 bits per heavy atom. The number of amides is 1. The van der Waals surface area contributed by atoms with E-state index in [-0.39, 0.29) is 11.9 Å². The Labute approximate surface area is 191 Å². The third-order valence-electron chi connectivity index (χ3n) is 5.73. The van der Waals surface area contributed by atoms with Crippen LogP contribution in [0.1, 0.15) is 34.3 Å². The highest BCUT2D eigenvalue weighted by molar-refractivity contribution is 7.17. The Bertz CT molecular complexity index is 1110. The van der Waals surface area contributed by atoms with E-state index >= 15 is 0 Å². The van der Waals surface area contributed by atoms with Crippen LogP contribution in [0.4, 0.5) is 5.69 Å². The molecule has 1 N–H and O–H groups in total. The molecule has 0 radical (unpaired) electrons. The van der Waals surface area contributed by atoms with Crippen LogP contribution in [0.5, 0.6) is 0 Å². The third kappa shape index (κ3) is 4.56. The maximum Gasteiger partial charge on any atom is 0.268 e. The number of aromatic nitrogens is 1. The van der Waals surface area contributed by atoms with Crippen molar-refractivity contribution >= 4 is 40.2 Å². The first kappa shape index (κ1) is 21.7. The average molecular weight is 453 g/mol. The van der Waals surface area contributed by atoms with Crippen molar-refractivity contribution in [2.45, 2.75) is 25.8 Å². The van der Waals surface area contributed by atoms with E-state index in [1.807, 2.05) is 50.5 Å². The summed E-state index contributed by atoms with van der Waals surface area (Å²) >= 11 is 7.53. The second-order valence-corrected chi connectivity index (χ2v) is 9.56. The molecule has 5 nitrogen and oxygen atoms in total. The summed E-state index contributed by atoms with van der Waals surface area (Å²) in [4.78, 5) is 23.4. The molecule has 1 atom stereocenters. The van der Waals surface area contributed by atoms with Crippen molar-refractivity contribution in [2.24, 2.45) is 0 Å². The molecule has 0 fully saturated rings. The number of benzene rings is 1. The van der Waals surface area contributed by atoms with Gasteiger partial charge < -0.3 is 15.2 Å². The minimum Gasteiger partial charge on any atom is -0.306 e. The van der Waals surface area contributed by atoms with Gasteiger partial charge in [-0.25, -0.2) is 0 Å². The second kappa shape index (κ2) is 8.91. The molecule has 0 unspecified atom stereocenters. The number of pyridine rings is 1. The lowest BCUT2D eigenvalue weighted by atomic mass is 10.0. The molecule has 0 saturated heterocycles. The Morgan fingerprint density at radius 2 is 2.00 bits per heavy atom. The van der Waals surface area contributed by atoms with Crippen LogP contribution in [-0.2, 0) is 6.42 Å². The van der Waals surface area contributed by atoms with Crippen LogP contribution in [0.15, 0.2) is 48.7 Å². The number of nitrogens with one attached hydrogen (secondary N) is 1. The smallest absolute Gasteiger partial charge is 0.268 e. The van der Waals surface area contributed by atoms with Crippen LogP contribution >= 0.6 is 22.9 Å². The Hall–Kier alpha value is -2.54. The van der Waals surface area contributed by atoms with Crippen LogP contribution in [0.25, 0.3) is 10.4 Å². The SMILES string of the molecule is C[C@H](CC(=N)c1ccc(N2CCc3cc(-c4ccc(Cl)cc4)sc3C2=O)cn1)N(C)C. The van der Waals surface area contributed by atoms with Crippen molar-refractivity contribution in [3.63, 3.8) is 0 Å². The molecule has 0 bridgehead atoms. The standard InChI is InChI=1S/C24H25ClN4OS/c1-15(28(2)3)12-20(26)21-9-8-19(14-27-21)29-11-10-17-13-22(31-23(17)24(29)30)16-4-6-18(25)7-5-16/h4-9,13-15,26H,10-12H2,1-3H3/t15-/m1/s1. The van der Waals surface area contributed by atoms with Gasteiger partial charge in [0.15, 0.2) is 0 Å².